The van der Waals surface area contributed by atoms with Crippen molar-refractivity contribution >= 4 is 16.3 Å². The van der Waals surface area contributed by atoms with E-state index in [1.165, 1.54) is 5.56 Å². The highest BCUT2D eigenvalue weighted by Crippen LogP contribution is 2.38. The maximum Gasteiger partial charge on any atom is 0.274 e. The van der Waals surface area contributed by atoms with E-state index in [1.807, 2.05) is 60.7 Å². The highest BCUT2D eigenvalue weighted by Gasteiger charge is 2.23. The van der Waals surface area contributed by atoms with Gasteiger partial charge in [-0.3, -0.25) is 0 Å². The lowest BCUT2D eigenvalue weighted by Gasteiger charge is -2.26. The molecule has 0 heterocycles. The first-order valence-corrected chi connectivity index (χ1v) is 9.02. The Morgan fingerprint density at radius 1 is 0.808 bits per heavy atom. The lowest BCUT2D eigenvalue weighted by atomic mass is 9.79. The number of benzene rings is 3. The molecule has 0 aromatic heterocycles. The van der Waals surface area contributed by atoms with E-state index in [2.05, 4.69) is 26.0 Å². The maximum atomic E-state index is 13.8. The highest BCUT2D eigenvalue weighted by atomic mass is 19.3. The fourth-order valence-electron chi connectivity index (χ4n) is 3.35. The Kier molecular flexibility index (Phi) is 5.51. The van der Waals surface area contributed by atoms with Gasteiger partial charge in [0.1, 0.15) is 0 Å². The van der Waals surface area contributed by atoms with Crippen LogP contribution in [0.4, 0.5) is 8.78 Å². The quantitative estimate of drug-likeness (QED) is 0.432. The number of rotatable bonds is 6. The summed E-state index contributed by atoms with van der Waals surface area (Å²) in [6.07, 6.45) is 0.544. The Balaban J connectivity index is 1.80. The van der Waals surface area contributed by atoms with Gasteiger partial charge in [0, 0.05) is 5.57 Å². The molecule has 3 aromatic carbocycles. The molecule has 0 saturated carbocycles. The van der Waals surface area contributed by atoms with Crippen molar-refractivity contribution in [1.82, 2.24) is 0 Å². The summed E-state index contributed by atoms with van der Waals surface area (Å²) in [6.45, 7) is 4.14. The smallest absolute Gasteiger partial charge is 0.173 e. The normalized spacial score (nSPS) is 11.5. The summed E-state index contributed by atoms with van der Waals surface area (Å²) < 4.78 is 27.5. The molecule has 0 aliphatic heterocycles. The van der Waals surface area contributed by atoms with Crippen molar-refractivity contribution in [3.8, 4) is 0 Å². The molecular weight excluding hydrogens is 326 g/mol. The summed E-state index contributed by atoms with van der Waals surface area (Å²) in [4.78, 5) is 0. The monoisotopic (exact) mass is 350 g/mol. The number of fused-ring (bicyclic) bond motifs is 1. The maximum absolute atomic E-state index is 13.8. The van der Waals surface area contributed by atoms with Gasteiger partial charge in [-0.25, -0.2) is 0 Å². The molecule has 0 unspecified atom stereocenters. The van der Waals surface area contributed by atoms with E-state index in [-0.39, 0.29) is 11.0 Å². The second-order valence-corrected chi connectivity index (χ2v) is 7.63. The molecule has 3 aromatic rings. The topological polar surface area (TPSA) is 0 Å². The highest BCUT2D eigenvalue weighted by molar-refractivity contribution is 5.86. The van der Waals surface area contributed by atoms with Crippen LogP contribution >= 0.6 is 0 Å². The fraction of sp³-hybridized carbons (Fsp3) is 0.250. The van der Waals surface area contributed by atoms with Gasteiger partial charge in [0.2, 0.25) is 0 Å². The number of aryl methyl sites for hydroxylation is 1. The standard InChI is InChI=1S/C24H24F2/c1-24(2,15-14-18-8-4-3-5-9-18)17-22(23(25)26)21-13-12-19-10-6-7-11-20(19)16-21/h3-13,16H,14-15,17H2,1-2H3. The summed E-state index contributed by atoms with van der Waals surface area (Å²) in [5.41, 5.74) is 1.82. The molecule has 0 aliphatic carbocycles. The van der Waals surface area contributed by atoms with Gasteiger partial charge in [-0.2, -0.15) is 8.78 Å². The molecule has 0 N–H and O–H groups in total. The van der Waals surface area contributed by atoms with E-state index >= 15 is 0 Å². The van der Waals surface area contributed by atoms with Crippen LogP contribution in [0.5, 0.6) is 0 Å². The van der Waals surface area contributed by atoms with E-state index in [0.717, 1.165) is 23.6 Å². The molecule has 0 atom stereocenters. The summed E-state index contributed by atoms with van der Waals surface area (Å²) in [5, 5.41) is 2.06. The van der Waals surface area contributed by atoms with Gasteiger partial charge in [0.25, 0.3) is 6.08 Å². The minimum Gasteiger partial charge on any atom is -0.173 e. The van der Waals surface area contributed by atoms with Crippen molar-refractivity contribution in [2.75, 3.05) is 0 Å². The Morgan fingerprint density at radius 3 is 2.15 bits per heavy atom. The first-order valence-electron chi connectivity index (χ1n) is 9.02. The van der Waals surface area contributed by atoms with Gasteiger partial charge in [0.15, 0.2) is 0 Å². The Bertz CT molecular complexity index is 904. The van der Waals surface area contributed by atoms with Crippen LogP contribution in [-0.4, -0.2) is 0 Å². The van der Waals surface area contributed by atoms with Crippen LogP contribution in [-0.2, 0) is 6.42 Å². The average Bonchev–Trinajstić information content (AvgIpc) is 2.65. The zero-order valence-corrected chi connectivity index (χ0v) is 15.3. The largest absolute Gasteiger partial charge is 0.274 e. The third-order valence-corrected chi connectivity index (χ3v) is 4.91. The number of allylic oxidation sites excluding steroid dienone is 1. The first kappa shape index (κ1) is 18.3. The molecule has 134 valence electrons. The van der Waals surface area contributed by atoms with Crippen molar-refractivity contribution in [1.29, 1.82) is 0 Å². The van der Waals surface area contributed by atoms with Crippen molar-refractivity contribution in [2.45, 2.75) is 33.1 Å². The van der Waals surface area contributed by atoms with Crippen LogP contribution in [0.2, 0.25) is 0 Å². The predicted molar refractivity (Wildman–Crippen MR) is 106 cm³/mol. The van der Waals surface area contributed by atoms with Crippen LogP contribution < -0.4 is 0 Å². The van der Waals surface area contributed by atoms with Crippen LogP contribution in [0, 0.1) is 5.41 Å². The van der Waals surface area contributed by atoms with Crippen LogP contribution in [0.3, 0.4) is 0 Å². The number of hydrogen-bond donors (Lipinski definition) is 0. The summed E-state index contributed by atoms with van der Waals surface area (Å²) in [6, 6.07) is 23.7. The molecule has 0 saturated heterocycles. The van der Waals surface area contributed by atoms with Crippen LogP contribution in [0.15, 0.2) is 78.9 Å². The summed E-state index contributed by atoms with van der Waals surface area (Å²) in [7, 11) is 0. The van der Waals surface area contributed by atoms with Gasteiger partial charge >= 0.3 is 0 Å². The van der Waals surface area contributed by atoms with E-state index in [4.69, 9.17) is 0 Å². The average molecular weight is 350 g/mol. The van der Waals surface area contributed by atoms with E-state index < -0.39 is 6.08 Å². The van der Waals surface area contributed by atoms with E-state index in [0.29, 0.717) is 12.0 Å². The predicted octanol–water partition coefficient (Wildman–Crippen LogP) is 7.50. The molecule has 0 nitrogen and oxygen atoms in total. The van der Waals surface area contributed by atoms with Gasteiger partial charge in [-0.05, 0) is 52.6 Å². The summed E-state index contributed by atoms with van der Waals surface area (Å²) >= 11 is 0. The van der Waals surface area contributed by atoms with Crippen LogP contribution in [0.25, 0.3) is 16.3 Å². The number of hydrogen-bond acceptors (Lipinski definition) is 0. The minimum absolute atomic E-state index is 0.161. The molecule has 0 aliphatic rings. The third-order valence-electron chi connectivity index (χ3n) is 4.91. The Labute approximate surface area is 154 Å². The first-order chi connectivity index (χ1) is 12.4. The third kappa shape index (κ3) is 4.57. The Morgan fingerprint density at radius 2 is 1.46 bits per heavy atom. The zero-order valence-electron chi connectivity index (χ0n) is 15.3. The number of halogens is 2. The van der Waals surface area contributed by atoms with E-state index in [1.54, 1.807) is 0 Å². The molecule has 26 heavy (non-hydrogen) atoms. The van der Waals surface area contributed by atoms with Gasteiger partial charge in [0.05, 0.1) is 0 Å². The van der Waals surface area contributed by atoms with Crippen LogP contribution in [0.1, 0.15) is 37.8 Å². The SMILES string of the molecule is CC(C)(CCc1ccccc1)CC(=C(F)F)c1ccc2ccccc2c1. The van der Waals surface area contributed by atoms with Crippen molar-refractivity contribution < 1.29 is 8.78 Å². The Hall–Kier alpha value is -2.48. The minimum atomic E-state index is -1.58. The molecule has 0 fully saturated rings. The van der Waals surface area contributed by atoms with Crippen molar-refractivity contribution in [3.63, 3.8) is 0 Å². The second kappa shape index (κ2) is 7.82. The molecule has 0 bridgehead atoms. The fourth-order valence-corrected chi connectivity index (χ4v) is 3.35. The van der Waals surface area contributed by atoms with Gasteiger partial charge in [-0.15, -0.1) is 0 Å². The molecule has 2 heteroatoms. The van der Waals surface area contributed by atoms with Gasteiger partial charge < -0.3 is 0 Å². The molecule has 0 spiro atoms. The molecular formula is C24H24F2. The van der Waals surface area contributed by atoms with Crippen molar-refractivity contribution in [2.24, 2.45) is 5.41 Å². The molecule has 0 radical (unpaired) electrons. The lowest BCUT2D eigenvalue weighted by Crippen LogP contribution is -2.14. The van der Waals surface area contributed by atoms with E-state index in [9.17, 15) is 8.78 Å². The molecule has 0 amide bonds. The zero-order chi connectivity index (χ0) is 18.6. The second-order valence-electron chi connectivity index (χ2n) is 7.63. The lowest BCUT2D eigenvalue weighted by molar-refractivity contribution is 0.336. The molecule has 3 rings (SSSR count). The van der Waals surface area contributed by atoms with Gasteiger partial charge in [-0.1, -0.05) is 80.6 Å². The summed E-state index contributed by atoms with van der Waals surface area (Å²) in [5.74, 6) is 0. The van der Waals surface area contributed by atoms with Crippen molar-refractivity contribution in [3.05, 3.63) is 90.0 Å².